The Morgan fingerprint density at radius 3 is 2.50 bits per heavy atom. The summed E-state index contributed by atoms with van der Waals surface area (Å²) in [6.45, 7) is 4.16. The summed E-state index contributed by atoms with van der Waals surface area (Å²) in [5.74, 6) is 0. The van der Waals surface area contributed by atoms with E-state index in [1.807, 2.05) is 17.8 Å². The Bertz CT molecular complexity index is 500. The summed E-state index contributed by atoms with van der Waals surface area (Å²) < 4.78 is 1.82. The SMILES string of the molecule is CCCCc1ccc(-n2cc(CO)c(C)n2)cc1. The lowest BCUT2D eigenvalue weighted by atomic mass is 10.1. The van der Waals surface area contributed by atoms with Gasteiger partial charge in [-0.25, -0.2) is 4.68 Å². The van der Waals surface area contributed by atoms with Crippen molar-refractivity contribution in [3.8, 4) is 5.69 Å². The summed E-state index contributed by atoms with van der Waals surface area (Å²) in [5, 5.41) is 13.6. The fourth-order valence-electron chi connectivity index (χ4n) is 1.98. The lowest BCUT2D eigenvalue weighted by Crippen LogP contribution is -1.95. The van der Waals surface area contributed by atoms with Crippen molar-refractivity contribution < 1.29 is 5.11 Å². The van der Waals surface area contributed by atoms with Crippen LogP contribution in [0.4, 0.5) is 0 Å². The molecule has 1 aromatic carbocycles. The topological polar surface area (TPSA) is 38.0 Å². The first-order valence-corrected chi connectivity index (χ1v) is 6.50. The molecule has 0 radical (unpaired) electrons. The molecule has 96 valence electrons. The Labute approximate surface area is 108 Å². The van der Waals surface area contributed by atoms with Gasteiger partial charge in [-0.15, -0.1) is 0 Å². The summed E-state index contributed by atoms with van der Waals surface area (Å²) >= 11 is 0. The molecule has 3 heteroatoms. The maximum atomic E-state index is 9.17. The molecule has 0 unspecified atom stereocenters. The van der Waals surface area contributed by atoms with Gasteiger partial charge in [0.15, 0.2) is 0 Å². The first kappa shape index (κ1) is 12.8. The smallest absolute Gasteiger partial charge is 0.0715 e. The van der Waals surface area contributed by atoms with Gasteiger partial charge in [0, 0.05) is 11.8 Å². The van der Waals surface area contributed by atoms with Crippen LogP contribution in [0.25, 0.3) is 5.69 Å². The van der Waals surface area contributed by atoms with Crippen molar-refractivity contribution in [1.29, 1.82) is 0 Å². The van der Waals surface area contributed by atoms with Crippen LogP contribution in [0, 0.1) is 6.92 Å². The predicted octanol–water partition coefficient (Wildman–Crippen LogP) is 3.02. The van der Waals surface area contributed by atoms with Gasteiger partial charge in [-0.3, -0.25) is 0 Å². The zero-order chi connectivity index (χ0) is 13.0. The van der Waals surface area contributed by atoms with E-state index in [1.165, 1.54) is 18.4 Å². The molecule has 0 saturated carbocycles. The molecule has 2 rings (SSSR count). The number of hydrogen-bond donors (Lipinski definition) is 1. The maximum absolute atomic E-state index is 9.17. The average molecular weight is 244 g/mol. The maximum Gasteiger partial charge on any atom is 0.0715 e. The van der Waals surface area contributed by atoms with E-state index in [4.69, 9.17) is 5.11 Å². The largest absolute Gasteiger partial charge is 0.392 e. The summed E-state index contributed by atoms with van der Waals surface area (Å²) in [4.78, 5) is 0. The van der Waals surface area contributed by atoms with E-state index in [-0.39, 0.29) is 6.61 Å². The molecule has 18 heavy (non-hydrogen) atoms. The van der Waals surface area contributed by atoms with Crippen LogP contribution in [0.5, 0.6) is 0 Å². The highest BCUT2D eigenvalue weighted by molar-refractivity contribution is 5.35. The monoisotopic (exact) mass is 244 g/mol. The molecule has 0 aliphatic heterocycles. The van der Waals surface area contributed by atoms with Crippen LogP contribution in [-0.2, 0) is 13.0 Å². The molecule has 0 aliphatic rings. The summed E-state index contributed by atoms with van der Waals surface area (Å²) in [6.07, 6.45) is 5.47. The molecule has 0 saturated heterocycles. The van der Waals surface area contributed by atoms with Gasteiger partial charge in [-0.05, 0) is 37.5 Å². The minimum atomic E-state index is 0.0421. The van der Waals surface area contributed by atoms with Crippen molar-refractivity contribution in [1.82, 2.24) is 9.78 Å². The van der Waals surface area contributed by atoms with E-state index in [0.717, 1.165) is 23.4 Å². The van der Waals surface area contributed by atoms with Crippen LogP contribution >= 0.6 is 0 Å². The summed E-state index contributed by atoms with van der Waals surface area (Å²) in [7, 11) is 0. The number of unbranched alkanes of at least 4 members (excludes halogenated alkanes) is 1. The number of hydrogen-bond acceptors (Lipinski definition) is 2. The Kier molecular flexibility index (Phi) is 4.15. The number of rotatable bonds is 5. The molecular weight excluding hydrogens is 224 g/mol. The van der Waals surface area contributed by atoms with Gasteiger partial charge in [0.2, 0.25) is 0 Å². The first-order valence-electron chi connectivity index (χ1n) is 6.50. The Hall–Kier alpha value is -1.61. The van der Waals surface area contributed by atoms with E-state index >= 15 is 0 Å². The van der Waals surface area contributed by atoms with Gasteiger partial charge in [0.05, 0.1) is 18.0 Å². The van der Waals surface area contributed by atoms with Crippen molar-refractivity contribution in [2.24, 2.45) is 0 Å². The van der Waals surface area contributed by atoms with Crippen molar-refractivity contribution >= 4 is 0 Å². The van der Waals surface area contributed by atoms with Crippen LogP contribution in [0.3, 0.4) is 0 Å². The van der Waals surface area contributed by atoms with Gasteiger partial charge >= 0.3 is 0 Å². The first-order chi connectivity index (χ1) is 8.74. The molecule has 0 fully saturated rings. The molecular formula is C15H20N2O. The second-order valence-electron chi connectivity index (χ2n) is 4.61. The predicted molar refractivity (Wildman–Crippen MR) is 72.8 cm³/mol. The zero-order valence-corrected chi connectivity index (χ0v) is 11.1. The van der Waals surface area contributed by atoms with Gasteiger partial charge in [-0.2, -0.15) is 5.10 Å². The number of benzene rings is 1. The number of aliphatic hydroxyl groups is 1. The van der Waals surface area contributed by atoms with Crippen molar-refractivity contribution in [3.05, 3.63) is 47.3 Å². The molecule has 0 aliphatic carbocycles. The standard InChI is InChI=1S/C15H20N2O/c1-3-4-5-13-6-8-15(9-7-13)17-10-14(11-18)12(2)16-17/h6-10,18H,3-5,11H2,1-2H3. The van der Waals surface area contributed by atoms with Crippen LogP contribution < -0.4 is 0 Å². The summed E-state index contributed by atoms with van der Waals surface area (Å²) in [5.41, 5.74) is 4.17. The van der Waals surface area contributed by atoms with E-state index < -0.39 is 0 Å². The minimum absolute atomic E-state index is 0.0421. The second-order valence-corrected chi connectivity index (χ2v) is 4.61. The van der Waals surface area contributed by atoms with E-state index in [1.54, 1.807) is 0 Å². The van der Waals surface area contributed by atoms with Crippen LogP contribution in [-0.4, -0.2) is 14.9 Å². The normalized spacial score (nSPS) is 10.8. The quantitative estimate of drug-likeness (QED) is 0.878. The number of nitrogens with zero attached hydrogens (tertiary/aromatic N) is 2. The van der Waals surface area contributed by atoms with Crippen LogP contribution in [0.1, 0.15) is 36.6 Å². The molecule has 0 spiro atoms. The van der Waals surface area contributed by atoms with Crippen molar-refractivity contribution in [2.45, 2.75) is 39.7 Å². The molecule has 0 atom stereocenters. The highest BCUT2D eigenvalue weighted by Crippen LogP contribution is 2.14. The van der Waals surface area contributed by atoms with Gasteiger partial charge in [0.25, 0.3) is 0 Å². The van der Waals surface area contributed by atoms with Crippen molar-refractivity contribution in [3.63, 3.8) is 0 Å². The second kappa shape index (κ2) is 5.83. The van der Waals surface area contributed by atoms with E-state index in [9.17, 15) is 0 Å². The van der Waals surface area contributed by atoms with Gasteiger partial charge < -0.3 is 5.11 Å². The lowest BCUT2D eigenvalue weighted by Gasteiger charge is -2.03. The fraction of sp³-hybridized carbons (Fsp3) is 0.400. The average Bonchev–Trinajstić information content (AvgIpc) is 2.78. The lowest BCUT2D eigenvalue weighted by molar-refractivity contribution is 0.281. The Morgan fingerprint density at radius 1 is 1.22 bits per heavy atom. The van der Waals surface area contributed by atoms with Gasteiger partial charge in [-0.1, -0.05) is 25.5 Å². The van der Waals surface area contributed by atoms with Crippen LogP contribution in [0.2, 0.25) is 0 Å². The Balaban J connectivity index is 2.17. The third kappa shape index (κ3) is 2.79. The minimum Gasteiger partial charge on any atom is -0.392 e. The zero-order valence-electron chi connectivity index (χ0n) is 11.1. The van der Waals surface area contributed by atoms with Crippen LogP contribution in [0.15, 0.2) is 30.5 Å². The molecule has 3 nitrogen and oxygen atoms in total. The molecule has 0 bridgehead atoms. The fourth-order valence-corrected chi connectivity index (χ4v) is 1.98. The molecule has 2 aromatic rings. The highest BCUT2D eigenvalue weighted by Gasteiger charge is 2.05. The van der Waals surface area contributed by atoms with E-state index in [2.05, 4.69) is 36.3 Å². The third-order valence-corrected chi connectivity index (χ3v) is 3.19. The van der Waals surface area contributed by atoms with Crippen molar-refractivity contribution in [2.75, 3.05) is 0 Å². The van der Waals surface area contributed by atoms with E-state index in [0.29, 0.717) is 0 Å². The molecule has 1 heterocycles. The molecule has 1 aromatic heterocycles. The number of aryl methyl sites for hydroxylation is 2. The Morgan fingerprint density at radius 2 is 1.94 bits per heavy atom. The highest BCUT2D eigenvalue weighted by atomic mass is 16.3. The molecule has 0 amide bonds. The number of aromatic nitrogens is 2. The third-order valence-electron chi connectivity index (χ3n) is 3.19. The van der Waals surface area contributed by atoms with Gasteiger partial charge in [0.1, 0.15) is 0 Å². The summed E-state index contributed by atoms with van der Waals surface area (Å²) in [6, 6.07) is 8.47. The number of aliphatic hydroxyl groups excluding tert-OH is 1. The molecule has 1 N–H and O–H groups in total.